The quantitative estimate of drug-likeness (QED) is 0.596. The van der Waals surface area contributed by atoms with E-state index in [9.17, 15) is 4.21 Å². The third kappa shape index (κ3) is 3.01. The Morgan fingerprint density at radius 2 is 0.952 bits per heavy atom. The van der Waals surface area contributed by atoms with Gasteiger partial charge in [0.2, 0.25) is 0 Å². The van der Waals surface area contributed by atoms with E-state index in [1.807, 2.05) is 0 Å². The third-order valence-corrected chi connectivity index (χ3v) is 4.47. The lowest BCUT2D eigenvalue weighted by Gasteiger charge is -2.16. The van der Waals surface area contributed by atoms with Crippen molar-refractivity contribution in [3.63, 3.8) is 0 Å². The summed E-state index contributed by atoms with van der Waals surface area (Å²) < 4.78 is 11.9. The van der Waals surface area contributed by atoms with Crippen LogP contribution < -0.4 is 0 Å². The lowest BCUT2D eigenvalue weighted by atomic mass is 9.89. The summed E-state index contributed by atoms with van der Waals surface area (Å²) in [6, 6.07) is 8.60. The van der Waals surface area contributed by atoms with Gasteiger partial charge < -0.3 is 0 Å². The summed E-state index contributed by atoms with van der Waals surface area (Å²) in [4.78, 5) is 0.847. The van der Waals surface area contributed by atoms with E-state index in [4.69, 9.17) is 0 Å². The molecule has 0 spiro atoms. The molecule has 110 valence electrons. The van der Waals surface area contributed by atoms with Crippen LogP contribution in [0.25, 0.3) is 0 Å². The summed E-state index contributed by atoms with van der Waals surface area (Å²) in [6.45, 7) is 12.5. The highest BCUT2D eigenvalue weighted by Crippen LogP contribution is 2.25. The minimum Gasteiger partial charge on any atom is -0.212 e. The fourth-order valence-electron chi connectivity index (χ4n) is 3.28. The van der Waals surface area contributed by atoms with Gasteiger partial charge in [0.05, 0.1) is 16.1 Å². The molecule has 2 aromatic carbocycles. The molecular weight excluding hydrogens is 276 g/mol. The fourth-order valence-corrected chi connectivity index (χ4v) is 4.10. The Labute approximate surface area is 131 Å². The van der Waals surface area contributed by atoms with Crippen molar-refractivity contribution in [3.8, 4) is 0 Å². The van der Waals surface area contributed by atoms with Crippen molar-refractivity contribution < 1.29 is 4.21 Å². The van der Waals surface area contributed by atoms with Gasteiger partial charge in [0, 0.05) is 11.1 Å². The Balaban J connectivity index is 2.77. The molecule has 0 bridgehead atoms. The van der Waals surface area contributed by atoms with Gasteiger partial charge in [-0.1, -0.05) is 35.4 Å². The van der Waals surface area contributed by atoms with E-state index in [1.165, 1.54) is 33.4 Å². The molecular formula is C19H22OS. The van der Waals surface area contributed by atoms with Gasteiger partial charge in [-0.15, -0.1) is 0 Å². The molecule has 2 aromatic rings. The number of hydrogen-bond donors (Lipinski definition) is 0. The lowest BCUT2D eigenvalue weighted by molar-refractivity contribution is 0.701. The third-order valence-electron chi connectivity index (χ3n) is 3.89. The van der Waals surface area contributed by atoms with E-state index in [0.717, 1.165) is 16.0 Å². The van der Waals surface area contributed by atoms with Crippen LogP contribution in [0.4, 0.5) is 0 Å². The topological polar surface area (TPSA) is 17.1 Å². The molecule has 0 unspecified atom stereocenters. The molecule has 0 aliphatic carbocycles. The van der Waals surface area contributed by atoms with Crippen molar-refractivity contribution in [2.45, 2.75) is 41.5 Å². The van der Waals surface area contributed by atoms with Crippen LogP contribution in [-0.2, 0) is 11.3 Å². The van der Waals surface area contributed by atoms with Crippen LogP contribution in [-0.4, -0.2) is 9.07 Å². The van der Waals surface area contributed by atoms with Crippen LogP contribution >= 0.6 is 0 Å². The maximum atomic E-state index is 11.9. The summed E-state index contributed by atoms with van der Waals surface area (Å²) >= 11 is 0.611. The van der Waals surface area contributed by atoms with Gasteiger partial charge in [-0.3, -0.25) is 0 Å². The van der Waals surface area contributed by atoms with E-state index in [0.29, 0.717) is 11.3 Å². The minimum absolute atomic E-state index is 0.611. The molecule has 2 rings (SSSR count). The SMILES string of the molecule is Cc1cc(C)c(C(=S=O)c2c(C)cc(C)cc2C)c(C)c1. The van der Waals surface area contributed by atoms with Crippen molar-refractivity contribution in [1.29, 1.82) is 0 Å². The second-order valence-corrected chi connectivity index (χ2v) is 6.53. The normalized spacial score (nSPS) is 10.6. The van der Waals surface area contributed by atoms with E-state index in [-0.39, 0.29) is 0 Å². The second kappa shape index (κ2) is 5.98. The Morgan fingerprint density at radius 3 is 1.19 bits per heavy atom. The zero-order valence-electron chi connectivity index (χ0n) is 13.6. The van der Waals surface area contributed by atoms with Gasteiger partial charge in [-0.25, -0.2) is 4.21 Å². The summed E-state index contributed by atoms with van der Waals surface area (Å²) in [6.07, 6.45) is 0. The molecule has 0 saturated carbocycles. The van der Waals surface area contributed by atoms with Crippen molar-refractivity contribution >= 4 is 16.1 Å². The highest BCUT2D eigenvalue weighted by molar-refractivity contribution is 7.67. The summed E-state index contributed by atoms with van der Waals surface area (Å²) in [5, 5.41) is 0. The molecule has 0 saturated heterocycles. The van der Waals surface area contributed by atoms with E-state index >= 15 is 0 Å². The first-order chi connectivity index (χ1) is 9.85. The number of rotatable bonds is 2. The predicted molar refractivity (Wildman–Crippen MR) is 92.7 cm³/mol. The van der Waals surface area contributed by atoms with Crippen molar-refractivity contribution in [1.82, 2.24) is 0 Å². The zero-order valence-corrected chi connectivity index (χ0v) is 14.4. The van der Waals surface area contributed by atoms with Crippen LogP contribution in [0.2, 0.25) is 0 Å². The molecule has 0 aliphatic heterocycles. The zero-order chi connectivity index (χ0) is 15.7. The molecule has 0 radical (unpaired) electrons. The molecule has 0 heterocycles. The molecule has 21 heavy (non-hydrogen) atoms. The Morgan fingerprint density at radius 1 is 0.667 bits per heavy atom. The van der Waals surface area contributed by atoms with E-state index in [1.54, 1.807) is 0 Å². The summed E-state index contributed by atoms with van der Waals surface area (Å²) in [5.41, 5.74) is 9.35. The Bertz CT molecular complexity index is 660. The van der Waals surface area contributed by atoms with Crippen molar-refractivity contribution in [3.05, 3.63) is 68.8 Å². The molecule has 0 atom stereocenters. The van der Waals surface area contributed by atoms with Gasteiger partial charge in [0.25, 0.3) is 0 Å². The number of hydrogen-bond acceptors (Lipinski definition) is 1. The van der Waals surface area contributed by atoms with Crippen molar-refractivity contribution in [2.75, 3.05) is 0 Å². The molecule has 0 aliphatic rings. The van der Waals surface area contributed by atoms with E-state index in [2.05, 4.69) is 65.8 Å². The van der Waals surface area contributed by atoms with Crippen LogP contribution in [0.3, 0.4) is 0 Å². The van der Waals surface area contributed by atoms with Gasteiger partial charge in [0.15, 0.2) is 0 Å². The molecule has 0 fully saturated rings. The monoisotopic (exact) mass is 298 g/mol. The molecule has 0 aromatic heterocycles. The van der Waals surface area contributed by atoms with E-state index < -0.39 is 0 Å². The van der Waals surface area contributed by atoms with Crippen LogP contribution in [0.5, 0.6) is 0 Å². The van der Waals surface area contributed by atoms with Crippen LogP contribution in [0, 0.1) is 41.5 Å². The average molecular weight is 298 g/mol. The molecule has 1 nitrogen and oxygen atoms in total. The number of aryl methyl sites for hydroxylation is 6. The van der Waals surface area contributed by atoms with Crippen LogP contribution in [0.1, 0.15) is 44.5 Å². The summed E-state index contributed by atoms with van der Waals surface area (Å²) in [7, 11) is 0. The van der Waals surface area contributed by atoms with Crippen molar-refractivity contribution in [2.24, 2.45) is 0 Å². The first-order valence-corrected chi connectivity index (χ1v) is 7.92. The summed E-state index contributed by atoms with van der Waals surface area (Å²) in [5.74, 6) is 0. The second-order valence-electron chi connectivity index (χ2n) is 5.96. The smallest absolute Gasteiger partial charge is 0.0978 e. The standard InChI is InChI=1S/C19H22OS/c1-11-7-13(3)17(14(4)8-11)19(21-20)18-15(5)9-12(2)10-16(18)6/h7-10H,1-6H3. The minimum atomic E-state index is 0.611. The number of benzene rings is 2. The van der Waals surface area contributed by atoms with Gasteiger partial charge in [-0.05, 0) is 63.8 Å². The maximum absolute atomic E-state index is 11.9. The molecule has 2 heteroatoms. The predicted octanol–water partition coefficient (Wildman–Crippen LogP) is 4.32. The lowest BCUT2D eigenvalue weighted by Crippen LogP contribution is -2.12. The first kappa shape index (κ1) is 15.7. The largest absolute Gasteiger partial charge is 0.212 e. The first-order valence-electron chi connectivity index (χ1n) is 7.18. The van der Waals surface area contributed by atoms with Gasteiger partial charge in [-0.2, -0.15) is 0 Å². The Hall–Kier alpha value is -1.67. The fraction of sp³-hybridized carbons (Fsp3) is 0.316. The van der Waals surface area contributed by atoms with Gasteiger partial charge >= 0.3 is 0 Å². The highest BCUT2D eigenvalue weighted by Gasteiger charge is 2.17. The Kier molecular flexibility index (Phi) is 4.48. The molecule has 0 amide bonds. The maximum Gasteiger partial charge on any atom is 0.0978 e. The molecule has 0 N–H and O–H groups in total. The van der Waals surface area contributed by atoms with Crippen LogP contribution in [0.15, 0.2) is 24.3 Å². The highest BCUT2D eigenvalue weighted by atomic mass is 32.1. The van der Waals surface area contributed by atoms with Gasteiger partial charge in [0.1, 0.15) is 0 Å². The average Bonchev–Trinajstić information content (AvgIpc) is 2.34.